The van der Waals surface area contributed by atoms with Gasteiger partial charge in [-0.05, 0) is 67.6 Å². The number of nitrogens with one attached hydrogen (secondary N) is 1. The fraction of sp³-hybridized carbons (Fsp3) is 0.160. The first-order valence-corrected chi connectivity index (χ1v) is 11.7. The molecule has 178 valence electrons. The number of hydrogen-bond donors (Lipinski definition) is 1. The number of nitro benzene ring substituents is 1. The third-order valence-electron chi connectivity index (χ3n) is 5.24. The number of imide groups is 1. The lowest BCUT2D eigenvalue weighted by Crippen LogP contribution is -2.31. The van der Waals surface area contributed by atoms with Crippen LogP contribution in [0.15, 0.2) is 77.7 Å². The van der Waals surface area contributed by atoms with E-state index < -0.39 is 16.1 Å². The molecule has 3 aromatic rings. The second-order valence-electron chi connectivity index (χ2n) is 7.59. The summed E-state index contributed by atoms with van der Waals surface area (Å²) in [5, 5.41) is 12.9. The summed E-state index contributed by atoms with van der Waals surface area (Å²) in [6.07, 6.45) is 0.0926. The van der Waals surface area contributed by atoms with Gasteiger partial charge in [-0.1, -0.05) is 0 Å². The van der Waals surface area contributed by atoms with Crippen molar-refractivity contribution in [2.45, 2.75) is 23.5 Å². The average molecular weight is 492 g/mol. The minimum Gasteiger partial charge on any atom is -0.494 e. The second-order valence-corrected chi connectivity index (χ2v) is 8.86. The van der Waals surface area contributed by atoms with E-state index in [-0.39, 0.29) is 23.9 Å². The number of anilines is 2. The van der Waals surface area contributed by atoms with Gasteiger partial charge in [-0.15, -0.1) is 11.8 Å². The van der Waals surface area contributed by atoms with E-state index in [4.69, 9.17) is 4.74 Å². The van der Waals surface area contributed by atoms with Gasteiger partial charge >= 0.3 is 0 Å². The smallest absolute Gasteiger partial charge is 0.269 e. The van der Waals surface area contributed by atoms with E-state index in [2.05, 4.69) is 5.32 Å². The molecule has 35 heavy (non-hydrogen) atoms. The number of nitro groups is 1. The molecule has 9 nitrogen and oxygen atoms in total. The highest BCUT2D eigenvalue weighted by Crippen LogP contribution is 2.35. The SMILES string of the molecule is CCOc1ccc(N2C(=O)CC(Sc3ccc(NC(=O)c4ccc([N+](=O)[O-])cc4)cc3)C2=O)cc1. The fourth-order valence-electron chi connectivity index (χ4n) is 3.54. The standard InChI is InChI=1S/C25H21N3O6S/c1-2-34-20-11-9-18(10-12-20)27-23(29)15-22(25(27)31)35-21-13-5-17(6-14-21)26-24(30)16-3-7-19(8-4-16)28(32)33/h3-14,22H,2,15H2,1H3,(H,26,30). The molecule has 1 aliphatic heterocycles. The van der Waals surface area contributed by atoms with Gasteiger partial charge in [-0.2, -0.15) is 0 Å². The third-order valence-corrected chi connectivity index (χ3v) is 6.44. The summed E-state index contributed by atoms with van der Waals surface area (Å²) in [6.45, 7) is 2.40. The van der Waals surface area contributed by atoms with Crippen LogP contribution in [0.3, 0.4) is 0 Å². The fourth-order valence-corrected chi connectivity index (χ4v) is 4.60. The number of hydrogen-bond acceptors (Lipinski definition) is 7. The van der Waals surface area contributed by atoms with Gasteiger partial charge in [0.2, 0.25) is 11.8 Å². The van der Waals surface area contributed by atoms with E-state index in [1.54, 1.807) is 48.5 Å². The highest BCUT2D eigenvalue weighted by molar-refractivity contribution is 8.00. The Labute approximate surface area is 205 Å². The summed E-state index contributed by atoms with van der Waals surface area (Å²) in [5.41, 5.74) is 1.24. The number of rotatable bonds is 8. The Hall–Kier alpha value is -4.18. The maximum absolute atomic E-state index is 12.9. The highest BCUT2D eigenvalue weighted by atomic mass is 32.2. The summed E-state index contributed by atoms with van der Waals surface area (Å²) in [5.74, 6) is -0.270. The van der Waals surface area contributed by atoms with Crippen molar-refractivity contribution in [2.24, 2.45) is 0 Å². The molecule has 1 unspecified atom stereocenters. The summed E-state index contributed by atoms with van der Waals surface area (Å²) < 4.78 is 5.41. The summed E-state index contributed by atoms with van der Waals surface area (Å²) in [7, 11) is 0. The van der Waals surface area contributed by atoms with Gasteiger partial charge in [0.15, 0.2) is 0 Å². The van der Waals surface area contributed by atoms with Gasteiger partial charge in [0.25, 0.3) is 11.6 Å². The molecule has 1 atom stereocenters. The predicted molar refractivity (Wildman–Crippen MR) is 132 cm³/mol. The second kappa shape index (κ2) is 10.4. The lowest BCUT2D eigenvalue weighted by Gasteiger charge is -2.15. The Morgan fingerprint density at radius 3 is 2.31 bits per heavy atom. The summed E-state index contributed by atoms with van der Waals surface area (Å²) >= 11 is 1.29. The average Bonchev–Trinajstić information content (AvgIpc) is 3.13. The summed E-state index contributed by atoms with van der Waals surface area (Å²) in [6, 6.07) is 19.0. The van der Waals surface area contributed by atoms with Crippen molar-refractivity contribution >= 4 is 46.5 Å². The molecule has 0 saturated carbocycles. The van der Waals surface area contributed by atoms with Gasteiger partial charge in [0, 0.05) is 34.7 Å². The van der Waals surface area contributed by atoms with E-state index >= 15 is 0 Å². The van der Waals surface area contributed by atoms with Gasteiger partial charge in [-0.3, -0.25) is 24.5 Å². The van der Waals surface area contributed by atoms with E-state index in [1.165, 1.54) is 40.9 Å². The number of amides is 3. The highest BCUT2D eigenvalue weighted by Gasteiger charge is 2.40. The van der Waals surface area contributed by atoms with Crippen molar-refractivity contribution in [3.05, 3.63) is 88.5 Å². The molecule has 0 radical (unpaired) electrons. The van der Waals surface area contributed by atoms with E-state index in [9.17, 15) is 24.5 Å². The Kier molecular flexibility index (Phi) is 7.11. The molecule has 3 aromatic carbocycles. The minimum atomic E-state index is -0.547. The largest absolute Gasteiger partial charge is 0.494 e. The van der Waals surface area contributed by atoms with Crippen LogP contribution in [0.1, 0.15) is 23.7 Å². The first-order chi connectivity index (χ1) is 16.9. The van der Waals surface area contributed by atoms with Crippen molar-refractivity contribution in [2.75, 3.05) is 16.8 Å². The van der Waals surface area contributed by atoms with Crippen molar-refractivity contribution in [3.63, 3.8) is 0 Å². The summed E-state index contributed by atoms with van der Waals surface area (Å²) in [4.78, 5) is 50.0. The van der Waals surface area contributed by atoms with Gasteiger partial charge < -0.3 is 10.1 Å². The first kappa shape index (κ1) is 24.0. The molecule has 0 aromatic heterocycles. The lowest BCUT2D eigenvalue weighted by atomic mass is 10.2. The Morgan fingerprint density at radius 2 is 1.71 bits per heavy atom. The molecule has 0 bridgehead atoms. The Bertz CT molecular complexity index is 1260. The Balaban J connectivity index is 1.37. The van der Waals surface area contributed by atoms with E-state index in [1.807, 2.05) is 6.92 Å². The van der Waals surface area contributed by atoms with Crippen LogP contribution < -0.4 is 15.0 Å². The molecule has 4 rings (SSSR count). The van der Waals surface area contributed by atoms with Gasteiger partial charge in [0.05, 0.1) is 22.5 Å². The van der Waals surface area contributed by atoms with Crippen molar-refractivity contribution < 1.29 is 24.0 Å². The molecular formula is C25H21N3O6S. The van der Waals surface area contributed by atoms with Crippen molar-refractivity contribution in [1.82, 2.24) is 0 Å². The Morgan fingerprint density at radius 1 is 1.06 bits per heavy atom. The van der Waals surface area contributed by atoms with Crippen LogP contribution in [0.2, 0.25) is 0 Å². The first-order valence-electron chi connectivity index (χ1n) is 10.8. The molecule has 0 aliphatic carbocycles. The lowest BCUT2D eigenvalue weighted by molar-refractivity contribution is -0.384. The molecular weight excluding hydrogens is 470 g/mol. The van der Waals surface area contributed by atoms with Crippen LogP contribution >= 0.6 is 11.8 Å². The number of non-ortho nitro benzene ring substituents is 1. The van der Waals surface area contributed by atoms with Crippen LogP contribution in [0.5, 0.6) is 5.75 Å². The van der Waals surface area contributed by atoms with Crippen molar-refractivity contribution in [1.29, 1.82) is 0 Å². The maximum atomic E-state index is 12.9. The quantitative estimate of drug-likeness (QED) is 0.276. The zero-order chi connectivity index (χ0) is 24.9. The molecule has 0 spiro atoms. The zero-order valence-electron chi connectivity index (χ0n) is 18.7. The number of carbonyl (C=O) groups excluding carboxylic acids is 3. The van der Waals surface area contributed by atoms with Crippen LogP contribution in [-0.2, 0) is 9.59 Å². The minimum absolute atomic E-state index is 0.0926. The molecule has 1 N–H and O–H groups in total. The topological polar surface area (TPSA) is 119 Å². The molecule has 1 heterocycles. The van der Waals surface area contributed by atoms with Crippen LogP contribution in [0, 0.1) is 10.1 Å². The molecule has 3 amide bonds. The van der Waals surface area contributed by atoms with Crippen LogP contribution in [-0.4, -0.2) is 34.5 Å². The molecule has 1 aliphatic rings. The predicted octanol–water partition coefficient (Wildman–Crippen LogP) is 4.67. The number of nitrogens with zero attached hydrogens (tertiary/aromatic N) is 2. The third kappa shape index (κ3) is 5.49. The van der Waals surface area contributed by atoms with Crippen LogP contribution in [0.4, 0.5) is 17.1 Å². The van der Waals surface area contributed by atoms with E-state index in [0.717, 1.165) is 4.90 Å². The number of carbonyl (C=O) groups is 3. The normalized spacial score (nSPS) is 15.2. The van der Waals surface area contributed by atoms with Gasteiger partial charge in [0.1, 0.15) is 5.75 Å². The maximum Gasteiger partial charge on any atom is 0.269 e. The van der Waals surface area contributed by atoms with E-state index in [0.29, 0.717) is 29.3 Å². The monoisotopic (exact) mass is 491 g/mol. The zero-order valence-corrected chi connectivity index (χ0v) is 19.5. The van der Waals surface area contributed by atoms with Gasteiger partial charge in [-0.25, -0.2) is 4.90 Å². The number of thioether (sulfide) groups is 1. The molecule has 1 saturated heterocycles. The molecule has 1 fully saturated rings. The van der Waals surface area contributed by atoms with Crippen LogP contribution in [0.25, 0.3) is 0 Å². The van der Waals surface area contributed by atoms with Crippen molar-refractivity contribution in [3.8, 4) is 5.75 Å². The number of benzene rings is 3. The molecule has 10 heteroatoms. The number of ether oxygens (including phenoxy) is 1.